The number of ether oxygens (including phenoxy) is 5. The van der Waals surface area contributed by atoms with E-state index in [1.54, 1.807) is 0 Å². The third-order valence-corrected chi connectivity index (χ3v) is 4.51. The first kappa shape index (κ1) is 23.9. The Morgan fingerprint density at radius 1 is 0.793 bits per heavy atom. The first-order valence-electron chi connectivity index (χ1n) is 8.85. The highest BCUT2D eigenvalue weighted by atomic mass is 16.7. The molecule has 6 N–H and O–H groups in total. The number of carbonyl (C=O) groups excluding carboxylic acids is 2. The van der Waals surface area contributed by atoms with Gasteiger partial charge in [-0.05, 0) is 0 Å². The van der Waals surface area contributed by atoms with Gasteiger partial charge in [0.25, 0.3) is 0 Å². The molecule has 0 aliphatic carbocycles. The molecule has 2 aliphatic heterocycles. The van der Waals surface area contributed by atoms with E-state index >= 15 is 0 Å². The second-order valence-electron chi connectivity index (χ2n) is 6.73. The summed E-state index contributed by atoms with van der Waals surface area (Å²) in [6.45, 7) is 0.993. The van der Waals surface area contributed by atoms with Crippen molar-refractivity contribution >= 4 is 11.9 Å². The van der Waals surface area contributed by atoms with Gasteiger partial charge < -0.3 is 54.3 Å². The quantitative estimate of drug-likeness (QED) is 0.223. The van der Waals surface area contributed by atoms with E-state index in [1.165, 1.54) is 0 Å². The Balaban J connectivity index is 2.19. The van der Waals surface area contributed by atoms with Crippen LogP contribution in [-0.2, 0) is 33.3 Å². The fourth-order valence-electron chi connectivity index (χ4n) is 3.00. The third kappa shape index (κ3) is 5.59. The van der Waals surface area contributed by atoms with Gasteiger partial charge in [-0.2, -0.15) is 0 Å². The molecule has 10 atom stereocenters. The second kappa shape index (κ2) is 10.1. The van der Waals surface area contributed by atoms with Gasteiger partial charge in [0, 0.05) is 13.8 Å². The van der Waals surface area contributed by atoms with Crippen LogP contribution in [0.5, 0.6) is 0 Å². The lowest BCUT2D eigenvalue weighted by molar-refractivity contribution is -0.355. The smallest absolute Gasteiger partial charge is 0.305 e. The van der Waals surface area contributed by atoms with Crippen molar-refractivity contribution in [2.45, 2.75) is 75.3 Å². The topological polar surface area (TPSA) is 202 Å². The van der Waals surface area contributed by atoms with Gasteiger partial charge in [0.15, 0.2) is 6.29 Å². The summed E-state index contributed by atoms with van der Waals surface area (Å²) in [6, 6.07) is 0. The minimum atomic E-state index is -1.78. The van der Waals surface area contributed by atoms with Crippen LogP contribution in [0.4, 0.5) is 0 Å². The van der Waals surface area contributed by atoms with E-state index in [0.717, 1.165) is 13.8 Å². The number of aliphatic hydroxyl groups excluding tert-OH is 6. The second-order valence-corrected chi connectivity index (χ2v) is 6.73. The fraction of sp³-hybridized carbons (Fsp3) is 0.875. The number of rotatable bonds is 6. The molecule has 13 nitrogen and oxygen atoms in total. The molecule has 2 heterocycles. The zero-order chi connectivity index (χ0) is 21.9. The number of esters is 2. The van der Waals surface area contributed by atoms with Crippen molar-refractivity contribution in [2.24, 2.45) is 0 Å². The van der Waals surface area contributed by atoms with Crippen LogP contribution in [-0.4, -0.2) is 117 Å². The predicted octanol–water partition coefficient (Wildman–Crippen LogP) is -4.26. The summed E-state index contributed by atoms with van der Waals surface area (Å²) in [5, 5.41) is 59.6. The molecular formula is C16H26O13. The molecule has 0 bridgehead atoms. The van der Waals surface area contributed by atoms with E-state index in [4.69, 9.17) is 23.7 Å². The molecule has 2 rings (SSSR count). The molecular weight excluding hydrogens is 400 g/mol. The van der Waals surface area contributed by atoms with Crippen molar-refractivity contribution < 1.29 is 63.9 Å². The van der Waals surface area contributed by atoms with Gasteiger partial charge in [-0.3, -0.25) is 9.59 Å². The van der Waals surface area contributed by atoms with Crippen LogP contribution in [0.1, 0.15) is 13.8 Å². The van der Waals surface area contributed by atoms with Gasteiger partial charge >= 0.3 is 11.9 Å². The Morgan fingerprint density at radius 2 is 1.38 bits per heavy atom. The zero-order valence-corrected chi connectivity index (χ0v) is 15.7. The molecule has 2 saturated heterocycles. The van der Waals surface area contributed by atoms with E-state index in [-0.39, 0.29) is 0 Å². The molecule has 13 heteroatoms. The van der Waals surface area contributed by atoms with E-state index in [1.807, 2.05) is 0 Å². The van der Waals surface area contributed by atoms with Gasteiger partial charge in [-0.25, -0.2) is 0 Å². The largest absolute Gasteiger partial charge is 0.463 e. The molecule has 2 fully saturated rings. The SMILES string of the molecule is CC(=O)OCC1OC(OC(C)=O)C(O)C(O)C1OC1OC(CO)C(O)C(O)C1O. The lowest BCUT2D eigenvalue weighted by Crippen LogP contribution is -2.65. The van der Waals surface area contributed by atoms with E-state index < -0.39 is 86.6 Å². The molecule has 0 saturated carbocycles. The van der Waals surface area contributed by atoms with Crippen LogP contribution in [0.15, 0.2) is 0 Å². The molecule has 0 spiro atoms. The van der Waals surface area contributed by atoms with Crippen molar-refractivity contribution in [1.82, 2.24) is 0 Å². The molecule has 0 aromatic heterocycles. The molecule has 0 amide bonds. The lowest BCUT2D eigenvalue weighted by atomic mass is 9.97. The molecule has 0 aromatic rings. The average Bonchev–Trinajstić information content (AvgIpc) is 2.66. The Labute approximate surface area is 165 Å². The fourth-order valence-corrected chi connectivity index (χ4v) is 3.00. The van der Waals surface area contributed by atoms with Crippen molar-refractivity contribution in [3.8, 4) is 0 Å². The molecule has 2 aliphatic rings. The third-order valence-electron chi connectivity index (χ3n) is 4.51. The van der Waals surface area contributed by atoms with Crippen LogP contribution < -0.4 is 0 Å². The first-order chi connectivity index (χ1) is 13.6. The van der Waals surface area contributed by atoms with Gasteiger partial charge in [0.1, 0.15) is 55.4 Å². The normalized spacial score (nSPS) is 42.9. The van der Waals surface area contributed by atoms with Gasteiger partial charge in [0.05, 0.1) is 6.61 Å². The van der Waals surface area contributed by atoms with Gasteiger partial charge in [-0.15, -0.1) is 0 Å². The molecule has 0 radical (unpaired) electrons. The zero-order valence-electron chi connectivity index (χ0n) is 15.7. The molecule has 0 aromatic carbocycles. The summed E-state index contributed by atoms with van der Waals surface area (Å²) in [7, 11) is 0. The summed E-state index contributed by atoms with van der Waals surface area (Å²) < 4.78 is 25.6. The maximum absolute atomic E-state index is 11.2. The highest BCUT2D eigenvalue weighted by Gasteiger charge is 2.51. The van der Waals surface area contributed by atoms with Crippen LogP contribution in [0.25, 0.3) is 0 Å². The van der Waals surface area contributed by atoms with Crippen LogP contribution in [0, 0.1) is 0 Å². The Hall–Kier alpha value is -1.42. The van der Waals surface area contributed by atoms with Gasteiger partial charge in [-0.1, -0.05) is 0 Å². The van der Waals surface area contributed by atoms with Crippen LogP contribution in [0.2, 0.25) is 0 Å². The van der Waals surface area contributed by atoms with Crippen molar-refractivity contribution in [1.29, 1.82) is 0 Å². The Morgan fingerprint density at radius 3 is 1.93 bits per heavy atom. The maximum atomic E-state index is 11.2. The molecule has 10 unspecified atom stereocenters. The standard InChI is InChI=1S/C16H26O13/c1-5(18)25-4-8-14(11(22)13(24)15(28-8)26-6(2)19)29-16-12(23)10(21)9(20)7(3-17)27-16/h7-17,20-24H,3-4H2,1-2H3. The number of hydrogen-bond acceptors (Lipinski definition) is 13. The minimum absolute atomic E-state index is 0.473. The van der Waals surface area contributed by atoms with E-state index in [2.05, 4.69) is 0 Å². The Bertz CT molecular complexity index is 569. The average molecular weight is 426 g/mol. The van der Waals surface area contributed by atoms with Crippen molar-refractivity contribution in [2.75, 3.05) is 13.2 Å². The maximum Gasteiger partial charge on any atom is 0.305 e. The summed E-state index contributed by atoms with van der Waals surface area (Å²) in [5.41, 5.74) is 0. The number of aliphatic hydroxyl groups is 6. The highest BCUT2D eigenvalue weighted by molar-refractivity contribution is 5.66. The van der Waals surface area contributed by atoms with E-state index in [9.17, 15) is 40.2 Å². The monoisotopic (exact) mass is 426 g/mol. The van der Waals surface area contributed by atoms with Gasteiger partial charge in [0.2, 0.25) is 6.29 Å². The number of hydrogen-bond donors (Lipinski definition) is 6. The minimum Gasteiger partial charge on any atom is -0.463 e. The summed E-state index contributed by atoms with van der Waals surface area (Å²) in [5.74, 6) is -1.49. The van der Waals surface area contributed by atoms with Crippen LogP contribution in [0.3, 0.4) is 0 Å². The summed E-state index contributed by atoms with van der Waals surface area (Å²) in [6.07, 6.45) is -15.9. The highest BCUT2D eigenvalue weighted by Crippen LogP contribution is 2.29. The summed E-state index contributed by atoms with van der Waals surface area (Å²) in [4.78, 5) is 22.3. The summed E-state index contributed by atoms with van der Waals surface area (Å²) >= 11 is 0. The molecule has 29 heavy (non-hydrogen) atoms. The molecule has 168 valence electrons. The van der Waals surface area contributed by atoms with E-state index in [0.29, 0.717) is 0 Å². The van der Waals surface area contributed by atoms with Crippen LogP contribution >= 0.6 is 0 Å². The predicted molar refractivity (Wildman–Crippen MR) is 87.7 cm³/mol. The lowest BCUT2D eigenvalue weighted by Gasteiger charge is -2.45. The Kier molecular flexibility index (Phi) is 8.28. The number of carbonyl (C=O) groups is 2. The van der Waals surface area contributed by atoms with Crippen molar-refractivity contribution in [3.05, 3.63) is 0 Å². The first-order valence-corrected chi connectivity index (χ1v) is 8.85. The van der Waals surface area contributed by atoms with Crippen molar-refractivity contribution in [3.63, 3.8) is 0 Å².